The molecule has 0 aromatic rings. The Morgan fingerprint density at radius 3 is 2.46 bits per heavy atom. The van der Waals surface area contributed by atoms with Gasteiger partial charge in [0.1, 0.15) is 0 Å². The van der Waals surface area contributed by atoms with Crippen LogP contribution in [0.1, 0.15) is 52.4 Å². The molecule has 0 amide bonds. The van der Waals surface area contributed by atoms with Gasteiger partial charge in [0.2, 0.25) is 0 Å². The summed E-state index contributed by atoms with van der Waals surface area (Å²) in [5.41, 5.74) is 0.155. The highest BCUT2D eigenvalue weighted by molar-refractivity contribution is 5.68. The van der Waals surface area contributed by atoms with Crippen molar-refractivity contribution in [1.82, 2.24) is 0 Å². The van der Waals surface area contributed by atoms with E-state index in [1.54, 1.807) is 0 Å². The second-order valence-electron chi connectivity index (χ2n) is 4.48. The van der Waals surface area contributed by atoms with Gasteiger partial charge in [-0.3, -0.25) is 4.79 Å². The monoisotopic (exact) mass is 184 g/mol. The van der Waals surface area contributed by atoms with E-state index >= 15 is 0 Å². The Balaban J connectivity index is 2.52. The summed E-state index contributed by atoms with van der Waals surface area (Å²) in [4.78, 5) is 10.7. The second-order valence-corrected chi connectivity index (χ2v) is 4.48. The molecule has 1 atom stereocenters. The topological polar surface area (TPSA) is 37.3 Å². The highest BCUT2D eigenvalue weighted by Gasteiger charge is 2.42. The zero-order chi connectivity index (χ0) is 9.90. The van der Waals surface area contributed by atoms with Gasteiger partial charge in [0.05, 0.1) is 6.42 Å². The van der Waals surface area contributed by atoms with E-state index in [1.807, 2.05) is 0 Å². The molecule has 0 saturated heterocycles. The molecule has 1 unspecified atom stereocenters. The van der Waals surface area contributed by atoms with Crippen LogP contribution in [0, 0.1) is 11.3 Å². The predicted octanol–water partition coefficient (Wildman–Crippen LogP) is 3.07. The standard InChI is InChI=1S/C11H20O2/c1-3-5-9(2)11(6-4-7-11)8-10(12)13/h9H,3-8H2,1-2H3,(H,12,13). The minimum absolute atomic E-state index is 0.155. The van der Waals surface area contributed by atoms with Gasteiger partial charge in [-0.05, 0) is 24.2 Å². The van der Waals surface area contributed by atoms with Gasteiger partial charge in [0, 0.05) is 0 Å². The molecule has 0 radical (unpaired) electrons. The van der Waals surface area contributed by atoms with Crippen LogP contribution in [0.4, 0.5) is 0 Å². The third-order valence-electron chi connectivity index (χ3n) is 3.62. The van der Waals surface area contributed by atoms with Crippen LogP contribution >= 0.6 is 0 Å². The number of carbonyl (C=O) groups is 1. The summed E-state index contributed by atoms with van der Waals surface area (Å²) in [6.07, 6.45) is 6.20. The summed E-state index contributed by atoms with van der Waals surface area (Å²) >= 11 is 0. The maximum atomic E-state index is 10.7. The molecule has 1 aliphatic carbocycles. The first-order valence-electron chi connectivity index (χ1n) is 5.32. The molecule has 0 aliphatic heterocycles. The summed E-state index contributed by atoms with van der Waals surface area (Å²) in [7, 11) is 0. The van der Waals surface area contributed by atoms with Gasteiger partial charge in [-0.15, -0.1) is 0 Å². The van der Waals surface area contributed by atoms with Crippen molar-refractivity contribution in [3.8, 4) is 0 Å². The fourth-order valence-corrected chi connectivity index (χ4v) is 2.52. The molecule has 1 rings (SSSR count). The maximum Gasteiger partial charge on any atom is 0.303 e. The van der Waals surface area contributed by atoms with Crippen LogP contribution in [-0.2, 0) is 4.79 Å². The lowest BCUT2D eigenvalue weighted by Gasteiger charge is -2.46. The van der Waals surface area contributed by atoms with Crippen LogP contribution in [0.2, 0.25) is 0 Å². The largest absolute Gasteiger partial charge is 0.481 e. The molecule has 0 spiro atoms. The maximum absolute atomic E-state index is 10.7. The molecular weight excluding hydrogens is 164 g/mol. The molecule has 76 valence electrons. The van der Waals surface area contributed by atoms with Gasteiger partial charge < -0.3 is 5.11 Å². The summed E-state index contributed by atoms with van der Waals surface area (Å²) in [6.45, 7) is 4.38. The van der Waals surface area contributed by atoms with Gasteiger partial charge in [-0.1, -0.05) is 33.1 Å². The van der Waals surface area contributed by atoms with Gasteiger partial charge in [-0.2, -0.15) is 0 Å². The Kier molecular flexibility index (Phi) is 3.34. The van der Waals surface area contributed by atoms with Gasteiger partial charge in [0.25, 0.3) is 0 Å². The first-order valence-corrected chi connectivity index (χ1v) is 5.32. The average Bonchev–Trinajstić information content (AvgIpc) is 1.96. The SMILES string of the molecule is CCCC(C)C1(CC(=O)O)CCC1. The van der Waals surface area contributed by atoms with E-state index in [9.17, 15) is 4.79 Å². The second kappa shape index (κ2) is 4.12. The smallest absolute Gasteiger partial charge is 0.303 e. The van der Waals surface area contributed by atoms with Crippen LogP contribution in [0.5, 0.6) is 0 Å². The number of aliphatic carboxylic acids is 1. The molecule has 0 aromatic carbocycles. The van der Waals surface area contributed by atoms with E-state index in [4.69, 9.17) is 5.11 Å². The molecule has 1 fully saturated rings. The first kappa shape index (κ1) is 10.6. The number of carboxylic acid groups (broad SMARTS) is 1. The molecule has 0 bridgehead atoms. The zero-order valence-electron chi connectivity index (χ0n) is 8.68. The lowest BCUT2D eigenvalue weighted by atomic mass is 9.59. The van der Waals surface area contributed by atoms with E-state index in [1.165, 1.54) is 19.3 Å². The highest BCUT2D eigenvalue weighted by Crippen LogP contribution is 2.51. The molecule has 0 aromatic heterocycles. The van der Waals surface area contributed by atoms with Crippen LogP contribution in [0.3, 0.4) is 0 Å². The van der Waals surface area contributed by atoms with E-state index in [0.29, 0.717) is 12.3 Å². The summed E-state index contributed by atoms with van der Waals surface area (Å²) in [6, 6.07) is 0. The summed E-state index contributed by atoms with van der Waals surface area (Å²) < 4.78 is 0. The third kappa shape index (κ3) is 2.23. The highest BCUT2D eigenvalue weighted by atomic mass is 16.4. The van der Waals surface area contributed by atoms with E-state index in [-0.39, 0.29) is 5.41 Å². The Labute approximate surface area is 80.3 Å². The quantitative estimate of drug-likeness (QED) is 0.713. The molecule has 1 N–H and O–H groups in total. The fraction of sp³-hybridized carbons (Fsp3) is 0.909. The number of carboxylic acids is 1. The molecule has 0 heterocycles. The van der Waals surface area contributed by atoms with E-state index in [2.05, 4.69) is 13.8 Å². The number of hydrogen-bond acceptors (Lipinski definition) is 1. The van der Waals surface area contributed by atoms with Crippen LogP contribution < -0.4 is 0 Å². The Bertz CT molecular complexity index is 183. The Morgan fingerprint density at radius 2 is 2.15 bits per heavy atom. The molecule has 1 aliphatic rings. The summed E-state index contributed by atoms with van der Waals surface area (Å²) in [5, 5.41) is 8.83. The van der Waals surface area contributed by atoms with Crippen molar-refractivity contribution in [2.75, 3.05) is 0 Å². The van der Waals surface area contributed by atoms with Crippen LogP contribution in [-0.4, -0.2) is 11.1 Å². The normalized spacial score (nSPS) is 22.0. The van der Waals surface area contributed by atoms with Crippen molar-refractivity contribution >= 4 is 5.97 Å². The van der Waals surface area contributed by atoms with Crippen LogP contribution in [0.15, 0.2) is 0 Å². The van der Waals surface area contributed by atoms with Gasteiger partial charge in [-0.25, -0.2) is 0 Å². The van der Waals surface area contributed by atoms with E-state index in [0.717, 1.165) is 12.8 Å². The minimum Gasteiger partial charge on any atom is -0.481 e. The molecule has 1 saturated carbocycles. The summed E-state index contributed by atoms with van der Waals surface area (Å²) in [5.74, 6) is -0.0370. The third-order valence-corrected chi connectivity index (χ3v) is 3.62. The Hall–Kier alpha value is -0.530. The molecule has 2 nitrogen and oxygen atoms in total. The fourth-order valence-electron chi connectivity index (χ4n) is 2.52. The lowest BCUT2D eigenvalue weighted by Crippen LogP contribution is -2.38. The molecule has 13 heavy (non-hydrogen) atoms. The molecule has 2 heteroatoms. The van der Waals surface area contributed by atoms with Crippen molar-refractivity contribution < 1.29 is 9.90 Å². The van der Waals surface area contributed by atoms with Crippen molar-refractivity contribution in [2.24, 2.45) is 11.3 Å². The first-order chi connectivity index (χ1) is 6.10. The van der Waals surface area contributed by atoms with E-state index < -0.39 is 5.97 Å². The number of rotatable bonds is 5. The Morgan fingerprint density at radius 1 is 1.54 bits per heavy atom. The van der Waals surface area contributed by atoms with Crippen molar-refractivity contribution in [2.45, 2.75) is 52.4 Å². The zero-order valence-corrected chi connectivity index (χ0v) is 8.68. The van der Waals surface area contributed by atoms with Gasteiger partial charge in [0.15, 0.2) is 0 Å². The molecular formula is C11H20O2. The van der Waals surface area contributed by atoms with Crippen molar-refractivity contribution in [3.05, 3.63) is 0 Å². The number of hydrogen-bond donors (Lipinski definition) is 1. The lowest BCUT2D eigenvalue weighted by molar-refractivity contribution is -0.143. The van der Waals surface area contributed by atoms with Gasteiger partial charge >= 0.3 is 5.97 Å². The van der Waals surface area contributed by atoms with Crippen molar-refractivity contribution in [1.29, 1.82) is 0 Å². The van der Waals surface area contributed by atoms with Crippen LogP contribution in [0.25, 0.3) is 0 Å². The predicted molar refractivity (Wildman–Crippen MR) is 52.6 cm³/mol. The minimum atomic E-state index is -0.623. The average molecular weight is 184 g/mol. The van der Waals surface area contributed by atoms with Crippen molar-refractivity contribution in [3.63, 3.8) is 0 Å².